The van der Waals surface area contributed by atoms with E-state index in [2.05, 4.69) is 0 Å². The van der Waals surface area contributed by atoms with E-state index in [9.17, 15) is 19.5 Å². The Morgan fingerprint density at radius 1 is 1.03 bits per heavy atom. The standard InChI is InChI=1S/C23H33NO6/c1-13(2)29-21(26)19-17(25)12-23(5,28)20(22(27)30-14(3)4)18(19)15-8-10-16(11-9-15)24(6)7/h8-11,13-14,18-20,28H,12H2,1-7H3. The fraction of sp³-hybridized carbons (Fsp3) is 0.609. The second-order valence-corrected chi connectivity index (χ2v) is 8.94. The molecule has 4 atom stereocenters. The summed E-state index contributed by atoms with van der Waals surface area (Å²) in [5, 5.41) is 11.1. The number of Topliss-reactive ketones (excluding diaryl/α,β-unsaturated/α-hetero) is 1. The second kappa shape index (κ2) is 9.16. The first-order chi connectivity index (χ1) is 13.8. The molecular weight excluding hydrogens is 386 g/mol. The predicted octanol–water partition coefficient (Wildman–Crippen LogP) is 2.70. The van der Waals surface area contributed by atoms with Gasteiger partial charge >= 0.3 is 11.9 Å². The van der Waals surface area contributed by atoms with E-state index in [0.29, 0.717) is 5.56 Å². The molecule has 0 heterocycles. The van der Waals surface area contributed by atoms with Crippen molar-refractivity contribution in [3.63, 3.8) is 0 Å². The van der Waals surface area contributed by atoms with Crippen LogP contribution in [0, 0.1) is 11.8 Å². The molecule has 0 spiro atoms. The Kier molecular flexibility index (Phi) is 7.29. The lowest BCUT2D eigenvalue weighted by Crippen LogP contribution is -2.55. The highest BCUT2D eigenvalue weighted by atomic mass is 16.5. The van der Waals surface area contributed by atoms with E-state index in [1.54, 1.807) is 39.8 Å². The first-order valence-electron chi connectivity index (χ1n) is 10.3. The van der Waals surface area contributed by atoms with Crippen molar-refractivity contribution >= 4 is 23.4 Å². The van der Waals surface area contributed by atoms with Crippen LogP contribution in [0.1, 0.15) is 52.5 Å². The van der Waals surface area contributed by atoms with Crippen LogP contribution in [0.3, 0.4) is 0 Å². The summed E-state index contributed by atoms with van der Waals surface area (Å²) in [6.07, 6.45) is -1.14. The van der Waals surface area contributed by atoms with Crippen molar-refractivity contribution in [2.24, 2.45) is 11.8 Å². The summed E-state index contributed by atoms with van der Waals surface area (Å²) >= 11 is 0. The molecule has 1 aliphatic rings. The Bertz CT molecular complexity index is 773. The molecule has 1 aromatic rings. The fourth-order valence-electron chi connectivity index (χ4n) is 4.02. The summed E-state index contributed by atoms with van der Waals surface area (Å²) in [4.78, 5) is 40.8. The van der Waals surface area contributed by atoms with Gasteiger partial charge in [-0.1, -0.05) is 12.1 Å². The average molecular weight is 420 g/mol. The number of esters is 2. The summed E-state index contributed by atoms with van der Waals surface area (Å²) in [6.45, 7) is 8.28. The van der Waals surface area contributed by atoms with E-state index in [-0.39, 0.29) is 6.42 Å². The summed E-state index contributed by atoms with van der Waals surface area (Å²) in [5.41, 5.74) is -0.122. The van der Waals surface area contributed by atoms with Crippen LogP contribution < -0.4 is 4.90 Å². The number of benzene rings is 1. The molecule has 1 aromatic carbocycles. The van der Waals surface area contributed by atoms with Crippen LogP contribution in [-0.2, 0) is 23.9 Å². The third-order valence-corrected chi connectivity index (χ3v) is 5.27. The van der Waals surface area contributed by atoms with Crippen molar-refractivity contribution in [3.8, 4) is 0 Å². The predicted molar refractivity (Wildman–Crippen MR) is 113 cm³/mol. The van der Waals surface area contributed by atoms with Crippen LogP contribution >= 0.6 is 0 Å². The summed E-state index contributed by atoms with van der Waals surface area (Å²) < 4.78 is 10.8. The molecule has 4 unspecified atom stereocenters. The first-order valence-corrected chi connectivity index (χ1v) is 10.3. The Hall–Kier alpha value is -2.41. The Labute approximate surface area is 178 Å². The number of carbonyl (C=O) groups is 3. The van der Waals surface area contributed by atoms with Gasteiger partial charge in [0.15, 0.2) is 5.78 Å². The molecule has 1 aliphatic carbocycles. The van der Waals surface area contributed by atoms with Crippen molar-refractivity contribution in [1.29, 1.82) is 0 Å². The lowest BCUT2D eigenvalue weighted by molar-refractivity contribution is -0.176. The third-order valence-electron chi connectivity index (χ3n) is 5.27. The van der Waals surface area contributed by atoms with Crippen LogP contribution in [0.4, 0.5) is 5.69 Å². The summed E-state index contributed by atoms with van der Waals surface area (Å²) in [5.74, 6) is -4.94. The van der Waals surface area contributed by atoms with Gasteiger partial charge in [-0.05, 0) is 52.3 Å². The Morgan fingerprint density at radius 2 is 1.53 bits per heavy atom. The molecule has 7 heteroatoms. The van der Waals surface area contributed by atoms with Gasteiger partial charge in [-0.15, -0.1) is 0 Å². The number of nitrogens with zero attached hydrogens (tertiary/aromatic N) is 1. The van der Waals surface area contributed by atoms with E-state index < -0.39 is 53.3 Å². The van der Waals surface area contributed by atoms with Crippen molar-refractivity contribution in [2.75, 3.05) is 19.0 Å². The quantitative estimate of drug-likeness (QED) is 0.560. The largest absolute Gasteiger partial charge is 0.463 e. The average Bonchev–Trinajstić information content (AvgIpc) is 2.58. The number of ether oxygens (including phenoxy) is 2. The maximum absolute atomic E-state index is 13.0. The lowest BCUT2D eigenvalue weighted by Gasteiger charge is -2.44. The van der Waals surface area contributed by atoms with E-state index in [0.717, 1.165) is 5.69 Å². The molecule has 7 nitrogen and oxygen atoms in total. The van der Waals surface area contributed by atoms with Crippen molar-refractivity contribution in [2.45, 2.75) is 64.8 Å². The van der Waals surface area contributed by atoms with Gasteiger partial charge in [0, 0.05) is 32.1 Å². The number of anilines is 1. The summed E-state index contributed by atoms with van der Waals surface area (Å²) in [6, 6.07) is 7.25. The van der Waals surface area contributed by atoms with Gasteiger partial charge in [0.05, 0.1) is 23.7 Å². The van der Waals surface area contributed by atoms with E-state index in [4.69, 9.17) is 9.47 Å². The molecule has 0 bridgehead atoms. The number of aliphatic hydroxyl groups is 1. The lowest BCUT2D eigenvalue weighted by atomic mass is 9.61. The zero-order valence-corrected chi connectivity index (χ0v) is 18.8. The Morgan fingerprint density at radius 3 is 2.00 bits per heavy atom. The topological polar surface area (TPSA) is 93.1 Å². The molecule has 0 saturated heterocycles. The number of ketones is 1. The minimum absolute atomic E-state index is 0.324. The van der Waals surface area contributed by atoms with Gasteiger partial charge in [-0.25, -0.2) is 0 Å². The highest BCUT2D eigenvalue weighted by Crippen LogP contribution is 2.47. The minimum atomic E-state index is -1.65. The van der Waals surface area contributed by atoms with Gasteiger partial charge in [0.2, 0.25) is 0 Å². The number of rotatable bonds is 6. The number of hydrogen-bond donors (Lipinski definition) is 1. The second-order valence-electron chi connectivity index (χ2n) is 8.94. The molecule has 1 N–H and O–H groups in total. The van der Waals surface area contributed by atoms with Crippen LogP contribution in [0.25, 0.3) is 0 Å². The van der Waals surface area contributed by atoms with Crippen LogP contribution in [0.5, 0.6) is 0 Å². The van der Waals surface area contributed by atoms with Gasteiger partial charge in [0.25, 0.3) is 0 Å². The minimum Gasteiger partial charge on any atom is -0.463 e. The van der Waals surface area contributed by atoms with Crippen LogP contribution in [0.15, 0.2) is 24.3 Å². The maximum Gasteiger partial charge on any atom is 0.317 e. The summed E-state index contributed by atoms with van der Waals surface area (Å²) in [7, 11) is 3.80. The van der Waals surface area contributed by atoms with E-state index in [1.807, 2.05) is 31.1 Å². The van der Waals surface area contributed by atoms with Gasteiger partial charge < -0.3 is 19.5 Å². The molecule has 1 fully saturated rings. The third kappa shape index (κ3) is 5.19. The highest BCUT2D eigenvalue weighted by Gasteiger charge is 2.57. The molecule has 166 valence electrons. The van der Waals surface area contributed by atoms with Crippen molar-refractivity contribution in [1.82, 2.24) is 0 Å². The molecule has 30 heavy (non-hydrogen) atoms. The molecule has 0 radical (unpaired) electrons. The fourth-order valence-corrected chi connectivity index (χ4v) is 4.02. The molecule has 0 amide bonds. The van der Waals surface area contributed by atoms with E-state index >= 15 is 0 Å². The highest BCUT2D eigenvalue weighted by molar-refractivity contribution is 6.02. The van der Waals surface area contributed by atoms with Gasteiger partial charge in [0.1, 0.15) is 5.92 Å². The van der Waals surface area contributed by atoms with Crippen LogP contribution in [0.2, 0.25) is 0 Å². The SMILES string of the molecule is CC(C)OC(=O)C1C(=O)CC(C)(O)C(C(=O)OC(C)C)C1c1ccc(N(C)C)cc1. The zero-order valence-electron chi connectivity index (χ0n) is 18.8. The van der Waals surface area contributed by atoms with Gasteiger partial charge in [-0.2, -0.15) is 0 Å². The van der Waals surface area contributed by atoms with Crippen LogP contribution in [-0.4, -0.2) is 54.7 Å². The van der Waals surface area contributed by atoms with Crippen molar-refractivity contribution < 1.29 is 29.0 Å². The molecule has 1 saturated carbocycles. The molecule has 0 aromatic heterocycles. The smallest absolute Gasteiger partial charge is 0.317 e. The number of carbonyl (C=O) groups excluding carboxylic acids is 3. The first kappa shape index (κ1) is 23.9. The zero-order chi connectivity index (χ0) is 22.8. The molecular formula is C23H33NO6. The molecule has 2 rings (SSSR count). The number of hydrogen-bond acceptors (Lipinski definition) is 7. The van der Waals surface area contributed by atoms with E-state index in [1.165, 1.54) is 6.92 Å². The molecule has 0 aliphatic heterocycles. The maximum atomic E-state index is 13.0. The normalized spacial score (nSPS) is 26.6. The monoisotopic (exact) mass is 419 g/mol. The van der Waals surface area contributed by atoms with Gasteiger partial charge in [-0.3, -0.25) is 14.4 Å². The Balaban J connectivity index is 2.61. The van der Waals surface area contributed by atoms with Crippen molar-refractivity contribution in [3.05, 3.63) is 29.8 Å².